The zero-order valence-corrected chi connectivity index (χ0v) is 25.3. The normalized spacial score (nSPS) is 34.0. The maximum Gasteiger partial charge on any atom is 0.407 e. The standard InChI is InChI=1S/C33H48N4O4/c1-31(2,3)41-30(40)35-19-7-18-34-21-8-6-9-22(20-21)36-29(39)26-12-11-24-23-10-13-27-33(5,17-15-28(38)37-27)25(23)14-16-32(24,26)4/h6,8-9,15,17,20,23-27,34H,7,10-14,16,18-19H2,1-5H3,(H,35,40)(H,36,39)(H,37,38)/t23-,24-,25-,26+,27+,32-,33+/m0/s1. The molecular weight excluding hydrogens is 516 g/mol. The van der Waals surface area contributed by atoms with Gasteiger partial charge in [-0.1, -0.05) is 26.0 Å². The Morgan fingerprint density at radius 3 is 2.59 bits per heavy atom. The average molecular weight is 565 g/mol. The highest BCUT2D eigenvalue weighted by Gasteiger charge is 2.60. The van der Waals surface area contributed by atoms with Gasteiger partial charge in [0, 0.05) is 41.8 Å². The van der Waals surface area contributed by atoms with Crippen LogP contribution >= 0.6 is 0 Å². The number of hydrogen-bond donors (Lipinski definition) is 4. The molecule has 3 saturated carbocycles. The number of fused-ring (bicyclic) bond motifs is 5. The summed E-state index contributed by atoms with van der Waals surface area (Å²) >= 11 is 0. The van der Waals surface area contributed by atoms with Crippen LogP contribution in [-0.2, 0) is 14.3 Å². The van der Waals surface area contributed by atoms with Crippen LogP contribution in [0.4, 0.5) is 16.2 Å². The maximum absolute atomic E-state index is 13.7. The van der Waals surface area contributed by atoms with Crippen molar-refractivity contribution >= 4 is 29.3 Å². The van der Waals surface area contributed by atoms with Crippen LogP contribution in [0.5, 0.6) is 0 Å². The van der Waals surface area contributed by atoms with Crippen molar-refractivity contribution in [2.24, 2.45) is 34.5 Å². The fourth-order valence-electron chi connectivity index (χ4n) is 8.53. The Bertz CT molecular complexity index is 1190. The van der Waals surface area contributed by atoms with E-state index < -0.39 is 11.7 Å². The third-order valence-electron chi connectivity index (χ3n) is 10.5. The third kappa shape index (κ3) is 6.12. The molecule has 0 unspecified atom stereocenters. The summed E-state index contributed by atoms with van der Waals surface area (Å²) in [5, 5.41) is 12.6. The maximum atomic E-state index is 13.7. The predicted molar refractivity (Wildman–Crippen MR) is 161 cm³/mol. The van der Waals surface area contributed by atoms with Crippen molar-refractivity contribution in [1.29, 1.82) is 0 Å². The number of hydrogen-bond acceptors (Lipinski definition) is 5. The van der Waals surface area contributed by atoms with E-state index in [4.69, 9.17) is 4.74 Å². The number of anilines is 2. The van der Waals surface area contributed by atoms with Gasteiger partial charge in [-0.2, -0.15) is 0 Å². The monoisotopic (exact) mass is 564 g/mol. The fourth-order valence-corrected chi connectivity index (χ4v) is 8.53. The van der Waals surface area contributed by atoms with E-state index in [1.165, 1.54) is 0 Å². The van der Waals surface area contributed by atoms with Crippen molar-refractivity contribution in [2.45, 2.75) is 91.2 Å². The van der Waals surface area contributed by atoms with E-state index in [0.717, 1.165) is 56.3 Å². The van der Waals surface area contributed by atoms with Gasteiger partial charge in [0.1, 0.15) is 5.60 Å². The summed E-state index contributed by atoms with van der Waals surface area (Å²) in [7, 11) is 0. The molecule has 3 fully saturated rings. The summed E-state index contributed by atoms with van der Waals surface area (Å²) in [6.07, 6.45) is 10.6. The van der Waals surface area contributed by atoms with E-state index in [-0.39, 0.29) is 34.6 Å². The van der Waals surface area contributed by atoms with Crippen molar-refractivity contribution in [3.63, 3.8) is 0 Å². The summed E-state index contributed by atoms with van der Waals surface area (Å²) in [5.74, 6) is 1.89. The molecule has 0 spiro atoms. The van der Waals surface area contributed by atoms with Crippen LogP contribution in [0.2, 0.25) is 0 Å². The number of alkyl carbamates (subject to hydrolysis) is 1. The lowest BCUT2D eigenvalue weighted by atomic mass is 9.48. The van der Waals surface area contributed by atoms with Gasteiger partial charge in [0.15, 0.2) is 0 Å². The molecule has 41 heavy (non-hydrogen) atoms. The molecule has 1 aliphatic heterocycles. The molecule has 4 aliphatic rings. The molecule has 1 heterocycles. The third-order valence-corrected chi connectivity index (χ3v) is 10.5. The molecule has 1 aromatic carbocycles. The Hall–Kier alpha value is -3.03. The highest BCUT2D eigenvalue weighted by molar-refractivity contribution is 5.94. The number of rotatable bonds is 7. The molecule has 1 aromatic rings. The second-order valence-electron chi connectivity index (χ2n) is 14.2. The van der Waals surface area contributed by atoms with E-state index >= 15 is 0 Å². The number of nitrogens with one attached hydrogen (secondary N) is 4. The van der Waals surface area contributed by atoms with E-state index in [2.05, 4.69) is 41.2 Å². The van der Waals surface area contributed by atoms with Crippen LogP contribution in [0.25, 0.3) is 0 Å². The van der Waals surface area contributed by atoms with Gasteiger partial charge >= 0.3 is 6.09 Å². The molecule has 8 heteroatoms. The van der Waals surface area contributed by atoms with Crippen LogP contribution in [-0.4, -0.2) is 42.6 Å². The number of benzene rings is 1. The highest BCUT2D eigenvalue weighted by Crippen LogP contribution is 2.65. The van der Waals surface area contributed by atoms with Crippen molar-refractivity contribution < 1.29 is 19.1 Å². The lowest BCUT2D eigenvalue weighted by Crippen LogP contribution is -2.59. The van der Waals surface area contributed by atoms with Gasteiger partial charge in [-0.15, -0.1) is 0 Å². The molecule has 0 radical (unpaired) electrons. The molecule has 7 atom stereocenters. The first-order valence-corrected chi connectivity index (χ1v) is 15.5. The minimum absolute atomic E-state index is 0.00702. The molecule has 8 nitrogen and oxygen atoms in total. The molecule has 0 aromatic heterocycles. The van der Waals surface area contributed by atoms with Crippen LogP contribution in [0.15, 0.2) is 36.4 Å². The second kappa shape index (κ2) is 11.3. The van der Waals surface area contributed by atoms with Crippen molar-refractivity contribution in [2.75, 3.05) is 23.7 Å². The Labute approximate surface area is 244 Å². The highest BCUT2D eigenvalue weighted by atomic mass is 16.6. The van der Waals surface area contributed by atoms with Gasteiger partial charge in [0.25, 0.3) is 0 Å². The van der Waals surface area contributed by atoms with Crippen molar-refractivity contribution in [1.82, 2.24) is 10.6 Å². The van der Waals surface area contributed by atoms with Crippen LogP contribution in [0.3, 0.4) is 0 Å². The Morgan fingerprint density at radius 2 is 1.80 bits per heavy atom. The average Bonchev–Trinajstić information content (AvgIpc) is 3.25. The molecule has 4 N–H and O–H groups in total. The fraction of sp³-hybridized carbons (Fsp3) is 0.667. The zero-order chi connectivity index (χ0) is 29.4. The molecule has 224 valence electrons. The molecule has 3 amide bonds. The summed E-state index contributed by atoms with van der Waals surface area (Å²) < 4.78 is 5.27. The van der Waals surface area contributed by atoms with Gasteiger partial charge in [-0.25, -0.2) is 4.79 Å². The van der Waals surface area contributed by atoms with Gasteiger partial charge in [0.2, 0.25) is 11.8 Å². The summed E-state index contributed by atoms with van der Waals surface area (Å²) in [5.41, 5.74) is 1.26. The van der Waals surface area contributed by atoms with Gasteiger partial charge in [0.05, 0.1) is 0 Å². The lowest BCUT2D eigenvalue weighted by Gasteiger charge is -2.58. The van der Waals surface area contributed by atoms with E-state index in [0.29, 0.717) is 30.8 Å². The van der Waals surface area contributed by atoms with Crippen molar-refractivity contribution in [3.05, 3.63) is 36.4 Å². The quantitative estimate of drug-likeness (QED) is 0.310. The SMILES string of the molecule is CC(C)(C)OC(=O)NCCCNc1cccc(NC(=O)[C@H]2CC[C@H]3[C@@H]4CC[C@H]5NC(=O)C=C[C@]5(C)[C@H]4CC[C@]23C)c1. The van der Waals surface area contributed by atoms with Gasteiger partial charge in [-0.3, -0.25) is 9.59 Å². The van der Waals surface area contributed by atoms with E-state index in [1.54, 1.807) is 6.08 Å². The molecule has 0 bridgehead atoms. The van der Waals surface area contributed by atoms with Crippen LogP contribution < -0.4 is 21.3 Å². The van der Waals surface area contributed by atoms with Gasteiger partial charge in [-0.05, 0) is 113 Å². The number of amides is 3. The smallest absolute Gasteiger partial charge is 0.407 e. The first kappa shape index (κ1) is 29.5. The first-order valence-electron chi connectivity index (χ1n) is 15.5. The minimum atomic E-state index is -0.506. The Morgan fingerprint density at radius 1 is 1.02 bits per heavy atom. The van der Waals surface area contributed by atoms with Crippen LogP contribution in [0, 0.1) is 34.5 Å². The Balaban J connectivity index is 1.15. The molecule has 5 rings (SSSR count). The second-order valence-corrected chi connectivity index (χ2v) is 14.2. The predicted octanol–water partition coefficient (Wildman–Crippen LogP) is 5.87. The molecular formula is C33H48N4O4. The summed E-state index contributed by atoms with van der Waals surface area (Å²) in [6, 6.07) is 8.11. The molecule has 3 aliphatic carbocycles. The lowest BCUT2D eigenvalue weighted by molar-refractivity contribution is -0.129. The number of carbonyl (C=O) groups is 3. The van der Waals surface area contributed by atoms with Gasteiger partial charge < -0.3 is 26.0 Å². The first-order chi connectivity index (χ1) is 19.4. The minimum Gasteiger partial charge on any atom is -0.444 e. The summed E-state index contributed by atoms with van der Waals surface area (Å²) in [6.45, 7) is 11.4. The zero-order valence-electron chi connectivity index (χ0n) is 25.3. The molecule has 0 saturated heterocycles. The largest absolute Gasteiger partial charge is 0.444 e. The van der Waals surface area contributed by atoms with E-state index in [1.807, 2.05) is 45.0 Å². The summed E-state index contributed by atoms with van der Waals surface area (Å²) in [4.78, 5) is 37.5. The van der Waals surface area contributed by atoms with Crippen LogP contribution in [0.1, 0.15) is 79.6 Å². The Kier molecular flexibility index (Phi) is 8.14. The topological polar surface area (TPSA) is 109 Å². The number of ether oxygens (including phenoxy) is 1. The van der Waals surface area contributed by atoms with Crippen molar-refractivity contribution in [3.8, 4) is 0 Å². The van der Waals surface area contributed by atoms with E-state index in [9.17, 15) is 14.4 Å². The number of carbonyl (C=O) groups excluding carboxylic acids is 3.